The number of hydrogen-bond donors (Lipinski definition) is 1. The predicted molar refractivity (Wildman–Crippen MR) is 83.3 cm³/mol. The van der Waals surface area contributed by atoms with E-state index in [2.05, 4.69) is 40.4 Å². The first-order valence-corrected chi connectivity index (χ1v) is 7.70. The van der Waals surface area contributed by atoms with Crippen molar-refractivity contribution in [3.05, 3.63) is 48.3 Å². The first-order chi connectivity index (χ1) is 10.2. The maximum atomic E-state index is 4.48. The van der Waals surface area contributed by atoms with Crippen LogP contribution in [0.4, 0.5) is 0 Å². The topological polar surface area (TPSA) is 55.1 Å². The first-order valence-electron chi connectivity index (χ1n) is 6.88. The highest BCUT2D eigenvalue weighted by molar-refractivity contribution is 7.99. The monoisotopic (exact) mass is 299 g/mol. The van der Waals surface area contributed by atoms with Crippen LogP contribution in [0, 0.1) is 0 Å². The summed E-state index contributed by atoms with van der Waals surface area (Å²) in [6, 6.07) is 10.4. The van der Waals surface area contributed by atoms with Gasteiger partial charge in [0.2, 0.25) is 5.16 Å². The molecule has 0 amide bonds. The highest BCUT2D eigenvalue weighted by Crippen LogP contribution is 2.24. The Balaban J connectivity index is 1.73. The van der Waals surface area contributed by atoms with E-state index in [4.69, 9.17) is 0 Å². The number of fused-ring (bicyclic) bond motifs is 1. The first kappa shape index (κ1) is 14.0. The van der Waals surface area contributed by atoms with Gasteiger partial charge in [-0.2, -0.15) is 0 Å². The van der Waals surface area contributed by atoms with Crippen LogP contribution >= 0.6 is 11.8 Å². The van der Waals surface area contributed by atoms with E-state index in [9.17, 15) is 0 Å². The van der Waals surface area contributed by atoms with Crippen molar-refractivity contribution in [2.75, 3.05) is 0 Å². The fourth-order valence-electron chi connectivity index (χ4n) is 1.88. The van der Waals surface area contributed by atoms with Crippen LogP contribution in [0.1, 0.15) is 19.4 Å². The lowest BCUT2D eigenvalue weighted by Gasteiger charge is -2.07. The van der Waals surface area contributed by atoms with Crippen LogP contribution in [-0.2, 0) is 6.54 Å². The molecule has 3 rings (SSSR count). The summed E-state index contributed by atoms with van der Waals surface area (Å²) in [5.74, 6) is 0. The van der Waals surface area contributed by atoms with Crippen molar-refractivity contribution in [1.82, 2.24) is 24.9 Å². The Hall–Kier alpha value is -1.92. The number of pyridine rings is 2. The van der Waals surface area contributed by atoms with Crippen LogP contribution in [0.15, 0.2) is 52.9 Å². The van der Waals surface area contributed by atoms with Crippen LogP contribution in [-0.4, -0.2) is 25.6 Å². The van der Waals surface area contributed by atoms with Crippen molar-refractivity contribution >= 4 is 17.4 Å². The number of aromatic nitrogens is 4. The molecule has 0 atom stereocenters. The SMILES string of the molecule is CC(C)NCc1ccc(Sc2nnc3ccccn23)nc1. The Kier molecular flexibility index (Phi) is 4.17. The molecule has 0 aliphatic rings. The van der Waals surface area contributed by atoms with Gasteiger partial charge >= 0.3 is 0 Å². The van der Waals surface area contributed by atoms with Gasteiger partial charge in [-0.05, 0) is 35.5 Å². The standard InChI is InChI=1S/C15H17N5S/c1-11(2)16-9-12-6-7-14(17-10-12)21-15-19-18-13-5-3-4-8-20(13)15/h3-8,10-11,16H,9H2,1-2H3. The number of nitrogens with one attached hydrogen (secondary N) is 1. The molecule has 0 bridgehead atoms. The van der Waals surface area contributed by atoms with E-state index in [0.29, 0.717) is 6.04 Å². The Labute approximate surface area is 127 Å². The Bertz CT molecular complexity index is 720. The quantitative estimate of drug-likeness (QED) is 0.785. The summed E-state index contributed by atoms with van der Waals surface area (Å²) in [6.07, 6.45) is 3.86. The van der Waals surface area contributed by atoms with E-state index in [1.54, 1.807) is 0 Å². The molecule has 0 radical (unpaired) electrons. The van der Waals surface area contributed by atoms with Crippen LogP contribution in [0.2, 0.25) is 0 Å². The Morgan fingerprint density at radius 1 is 1.19 bits per heavy atom. The molecular formula is C15H17N5S. The molecule has 3 aromatic heterocycles. The lowest BCUT2D eigenvalue weighted by molar-refractivity contribution is 0.587. The van der Waals surface area contributed by atoms with Gasteiger partial charge < -0.3 is 5.32 Å². The van der Waals surface area contributed by atoms with Crippen molar-refractivity contribution in [2.45, 2.75) is 36.6 Å². The zero-order valence-corrected chi connectivity index (χ0v) is 12.8. The smallest absolute Gasteiger partial charge is 0.201 e. The number of rotatable bonds is 5. The van der Waals surface area contributed by atoms with E-state index >= 15 is 0 Å². The molecule has 6 heteroatoms. The van der Waals surface area contributed by atoms with Gasteiger partial charge in [0.1, 0.15) is 5.03 Å². The molecule has 0 fully saturated rings. The van der Waals surface area contributed by atoms with E-state index in [1.807, 2.05) is 41.1 Å². The summed E-state index contributed by atoms with van der Waals surface area (Å²) in [6.45, 7) is 5.10. The fraction of sp³-hybridized carbons (Fsp3) is 0.267. The molecule has 1 N–H and O–H groups in total. The highest BCUT2D eigenvalue weighted by Gasteiger charge is 2.07. The molecule has 0 saturated carbocycles. The molecule has 0 aliphatic heterocycles. The Morgan fingerprint density at radius 2 is 2.10 bits per heavy atom. The molecule has 0 unspecified atom stereocenters. The largest absolute Gasteiger partial charge is 0.310 e. The van der Waals surface area contributed by atoms with Gasteiger partial charge in [0.15, 0.2) is 5.65 Å². The molecule has 21 heavy (non-hydrogen) atoms. The third-order valence-electron chi connectivity index (χ3n) is 2.99. The van der Waals surface area contributed by atoms with Crippen molar-refractivity contribution < 1.29 is 0 Å². The molecule has 3 aromatic rings. The summed E-state index contributed by atoms with van der Waals surface area (Å²) >= 11 is 1.51. The average molecular weight is 299 g/mol. The van der Waals surface area contributed by atoms with Crippen LogP contribution in [0.3, 0.4) is 0 Å². The maximum Gasteiger partial charge on any atom is 0.201 e. The second-order valence-corrected chi connectivity index (χ2v) is 6.04. The second kappa shape index (κ2) is 6.24. The van der Waals surface area contributed by atoms with Crippen LogP contribution in [0.5, 0.6) is 0 Å². The molecule has 108 valence electrons. The van der Waals surface area contributed by atoms with Crippen LogP contribution < -0.4 is 5.32 Å². The van der Waals surface area contributed by atoms with E-state index < -0.39 is 0 Å². The zero-order valence-electron chi connectivity index (χ0n) is 12.0. The molecule has 0 aliphatic carbocycles. The van der Waals surface area contributed by atoms with Crippen LogP contribution in [0.25, 0.3) is 5.65 Å². The second-order valence-electron chi connectivity index (χ2n) is 5.05. The number of hydrogen-bond acceptors (Lipinski definition) is 5. The lowest BCUT2D eigenvalue weighted by Crippen LogP contribution is -2.21. The predicted octanol–water partition coefficient (Wildman–Crippen LogP) is 2.77. The molecule has 0 spiro atoms. The molecule has 0 saturated heterocycles. The van der Waals surface area contributed by atoms with Gasteiger partial charge in [-0.1, -0.05) is 26.0 Å². The fourth-order valence-corrected chi connectivity index (χ4v) is 2.64. The molecular weight excluding hydrogens is 282 g/mol. The summed E-state index contributed by atoms with van der Waals surface area (Å²) in [5.41, 5.74) is 2.02. The third kappa shape index (κ3) is 3.40. The summed E-state index contributed by atoms with van der Waals surface area (Å²) in [4.78, 5) is 4.48. The highest BCUT2D eigenvalue weighted by atomic mass is 32.2. The third-order valence-corrected chi connectivity index (χ3v) is 3.90. The maximum absolute atomic E-state index is 4.48. The van der Waals surface area contributed by atoms with Crippen molar-refractivity contribution in [2.24, 2.45) is 0 Å². The van der Waals surface area contributed by atoms with E-state index in [0.717, 1.165) is 22.4 Å². The summed E-state index contributed by atoms with van der Waals surface area (Å²) in [7, 11) is 0. The molecule has 5 nitrogen and oxygen atoms in total. The van der Waals surface area contributed by atoms with Gasteiger partial charge in [0, 0.05) is 25.0 Å². The number of nitrogens with zero attached hydrogens (tertiary/aromatic N) is 4. The van der Waals surface area contributed by atoms with E-state index in [1.165, 1.54) is 17.3 Å². The lowest BCUT2D eigenvalue weighted by atomic mass is 10.2. The minimum absolute atomic E-state index is 0.474. The Morgan fingerprint density at radius 3 is 2.86 bits per heavy atom. The van der Waals surface area contributed by atoms with Gasteiger partial charge in [-0.25, -0.2) is 4.98 Å². The normalized spacial score (nSPS) is 11.4. The average Bonchev–Trinajstić information content (AvgIpc) is 2.90. The van der Waals surface area contributed by atoms with E-state index in [-0.39, 0.29) is 0 Å². The summed E-state index contributed by atoms with van der Waals surface area (Å²) < 4.78 is 1.96. The summed E-state index contributed by atoms with van der Waals surface area (Å²) in [5, 5.41) is 13.5. The van der Waals surface area contributed by atoms with Gasteiger partial charge in [0.05, 0.1) is 0 Å². The van der Waals surface area contributed by atoms with Gasteiger partial charge in [0.25, 0.3) is 0 Å². The van der Waals surface area contributed by atoms with Crippen molar-refractivity contribution in [3.63, 3.8) is 0 Å². The molecule has 0 aromatic carbocycles. The van der Waals surface area contributed by atoms with Gasteiger partial charge in [-0.3, -0.25) is 4.40 Å². The van der Waals surface area contributed by atoms with Crippen molar-refractivity contribution in [1.29, 1.82) is 0 Å². The van der Waals surface area contributed by atoms with Crippen molar-refractivity contribution in [3.8, 4) is 0 Å². The van der Waals surface area contributed by atoms with Gasteiger partial charge in [-0.15, -0.1) is 10.2 Å². The minimum Gasteiger partial charge on any atom is -0.310 e. The minimum atomic E-state index is 0.474. The zero-order chi connectivity index (χ0) is 14.7. The molecule has 3 heterocycles.